The van der Waals surface area contributed by atoms with Crippen LogP contribution in [-0.4, -0.2) is 82.5 Å². The molecule has 0 saturated carbocycles. The number of likely N-dealkylation sites (tertiary alicyclic amines) is 1. The Morgan fingerprint density at radius 1 is 1.11 bits per heavy atom. The van der Waals surface area contributed by atoms with E-state index in [-0.39, 0.29) is 36.6 Å². The minimum absolute atomic E-state index is 0.105. The highest BCUT2D eigenvalue weighted by Gasteiger charge is 2.39. The number of fused-ring (bicyclic) bond motifs is 1. The first-order chi connectivity index (χ1) is 18.1. The highest BCUT2D eigenvalue weighted by Crippen LogP contribution is 2.26. The van der Waals surface area contributed by atoms with E-state index in [2.05, 4.69) is 20.9 Å². The van der Waals surface area contributed by atoms with Crippen molar-refractivity contribution in [1.82, 2.24) is 20.5 Å². The fourth-order valence-electron chi connectivity index (χ4n) is 4.03. The number of benzene rings is 1. The number of anilines is 1. The van der Waals surface area contributed by atoms with E-state index in [1.54, 1.807) is 18.9 Å². The van der Waals surface area contributed by atoms with Gasteiger partial charge in [-0.05, 0) is 51.8 Å². The molecule has 12 nitrogen and oxygen atoms in total. The lowest BCUT2D eigenvalue weighted by molar-refractivity contribution is -0.141. The molecular weight excluding hydrogens is 494 g/mol. The number of aromatic nitrogens is 1. The number of nitrogens with zero attached hydrogens (tertiary/aromatic N) is 2. The Balaban J connectivity index is 0.00000110. The fourth-order valence-corrected chi connectivity index (χ4v) is 4.03. The fraction of sp³-hybridized carbons (Fsp3) is 0.462. The Morgan fingerprint density at radius 3 is 2.29 bits per heavy atom. The molecule has 1 aromatic heterocycles. The Morgan fingerprint density at radius 2 is 1.71 bits per heavy atom. The average Bonchev–Trinajstić information content (AvgIpc) is 3.37. The van der Waals surface area contributed by atoms with E-state index in [4.69, 9.17) is 19.8 Å². The molecule has 0 spiro atoms. The third-order valence-electron chi connectivity index (χ3n) is 6.00. The molecule has 3 amide bonds. The van der Waals surface area contributed by atoms with E-state index in [1.165, 1.54) is 0 Å². The van der Waals surface area contributed by atoms with Crippen LogP contribution in [0.4, 0.5) is 5.69 Å². The van der Waals surface area contributed by atoms with E-state index in [9.17, 15) is 14.4 Å². The van der Waals surface area contributed by atoms with Crippen LogP contribution >= 0.6 is 0 Å². The Kier molecular flexibility index (Phi) is 13.4. The van der Waals surface area contributed by atoms with Crippen LogP contribution in [0.3, 0.4) is 0 Å². The second-order valence-electron chi connectivity index (χ2n) is 8.96. The van der Waals surface area contributed by atoms with E-state index < -0.39 is 18.1 Å². The number of amides is 3. The van der Waals surface area contributed by atoms with Crippen molar-refractivity contribution in [3.63, 3.8) is 0 Å². The number of likely N-dealkylation sites (N-methyl/N-ethyl adjacent to an activating group) is 1. The van der Waals surface area contributed by atoms with Gasteiger partial charge in [-0.15, -0.1) is 0 Å². The second kappa shape index (κ2) is 15.9. The minimum atomic E-state index is -0.685. The molecule has 0 aliphatic carbocycles. The monoisotopic (exact) mass is 531 g/mol. The zero-order chi connectivity index (χ0) is 28.8. The Bertz CT molecular complexity index is 1100. The van der Waals surface area contributed by atoms with E-state index in [0.29, 0.717) is 18.7 Å². The molecule has 12 heteroatoms. The summed E-state index contributed by atoms with van der Waals surface area (Å²) in [6.07, 6.45) is 1.33. The SMILES string of the molecule is CN[C@@H](C)C(=O)N[C@H](C(=O)N1CCC[C@H]1C(=O)Nc1cc(C)nc2ccccc12)C(C)C.O=CO.O=CO. The summed E-state index contributed by atoms with van der Waals surface area (Å²) < 4.78 is 0. The van der Waals surface area contributed by atoms with Gasteiger partial charge in [0, 0.05) is 17.6 Å². The smallest absolute Gasteiger partial charge is 0.290 e. The number of aryl methyl sites for hydroxylation is 1. The molecule has 0 bridgehead atoms. The third kappa shape index (κ3) is 8.80. The maximum atomic E-state index is 13.4. The summed E-state index contributed by atoms with van der Waals surface area (Å²) in [5.41, 5.74) is 2.30. The van der Waals surface area contributed by atoms with Crippen LogP contribution in [0.1, 0.15) is 39.3 Å². The normalized spacial score (nSPS) is 15.7. The number of carbonyl (C=O) groups is 5. The highest BCUT2D eigenvalue weighted by molar-refractivity contribution is 6.04. The molecule has 2 aromatic rings. The molecular formula is C26H37N5O7. The lowest BCUT2D eigenvalue weighted by atomic mass is 10.0. The van der Waals surface area contributed by atoms with Crippen molar-refractivity contribution >= 4 is 47.3 Å². The van der Waals surface area contributed by atoms with Gasteiger partial charge in [0.15, 0.2) is 0 Å². The van der Waals surface area contributed by atoms with Crippen LogP contribution < -0.4 is 16.0 Å². The predicted molar refractivity (Wildman–Crippen MR) is 143 cm³/mol. The first-order valence-corrected chi connectivity index (χ1v) is 12.2. The van der Waals surface area contributed by atoms with Crippen molar-refractivity contribution in [3.05, 3.63) is 36.0 Å². The van der Waals surface area contributed by atoms with Gasteiger partial charge >= 0.3 is 0 Å². The number of pyridine rings is 1. The number of para-hydroxylation sites is 1. The zero-order valence-corrected chi connectivity index (χ0v) is 22.3. The molecule has 2 heterocycles. The maximum Gasteiger partial charge on any atom is 0.290 e. The van der Waals surface area contributed by atoms with Crippen molar-refractivity contribution < 1.29 is 34.2 Å². The number of carboxylic acid groups (broad SMARTS) is 2. The number of carbonyl (C=O) groups excluding carboxylic acids is 3. The zero-order valence-electron chi connectivity index (χ0n) is 22.3. The second-order valence-corrected chi connectivity index (χ2v) is 8.96. The number of hydrogen-bond donors (Lipinski definition) is 5. The lowest BCUT2D eigenvalue weighted by Crippen LogP contribution is -2.56. The number of nitrogens with one attached hydrogen (secondary N) is 3. The Labute approximate surface area is 221 Å². The summed E-state index contributed by atoms with van der Waals surface area (Å²) in [5, 5.41) is 23.4. The molecule has 0 unspecified atom stereocenters. The molecule has 0 radical (unpaired) electrons. The molecule has 1 aliphatic rings. The van der Waals surface area contributed by atoms with Gasteiger partial charge in [-0.25, -0.2) is 0 Å². The first kappa shape index (κ1) is 32.0. The molecule has 5 N–H and O–H groups in total. The van der Waals surface area contributed by atoms with Crippen molar-refractivity contribution in [1.29, 1.82) is 0 Å². The molecule has 1 fully saturated rings. The highest BCUT2D eigenvalue weighted by atomic mass is 16.3. The summed E-state index contributed by atoms with van der Waals surface area (Å²) in [4.78, 5) is 61.8. The summed E-state index contributed by atoms with van der Waals surface area (Å²) in [5.74, 6) is -0.779. The van der Waals surface area contributed by atoms with Crippen molar-refractivity contribution in [3.8, 4) is 0 Å². The number of rotatable bonds is 7. The summed E-state index contributed by atoms with van der Waals surface area (Å²) in [7, 11) is 1.70. The first-order valence-electron chi connectivity index (χ1n) is 12.2. The molecule has 1 saturated heterocycles. The van der Waals surface area contributed by atoms with Gasteiger partial charge in [0.05, 0.1) is 17.2 Å². The summed E-state index contributed by atoms with van der Waals surface area (Å²) in [6.45, 7) is 7.40. The van der Waals surface area contributed by atoms with Gasteiger partial charge in [0.25, 0.3) is 12.9 Å². The van der Waals surface area contributed by atoms with E-state index in [0.717, 1.165) is 23.0 Å². The van der Waals surface area contributed by atoms with Crippen molar-refractivity contribution in [2.75, 3.05) is 18.9 Å². The van der Waals surface area contributed by atoms with E-state index >= 15 is 0 Å². The van der Waals surface area contributed by atoms with Gasteiger partial charge in [-0.3, -0.25) is 29.0 Å². The van der Waals surface area contributed by atoms with Crippen molar-refractivity contribution in [2.45, 2.75) is 58.7 Å². The summed E-state index contributed by atoms with van der Waals surface area (Å²) >= 11 is 0. The Hall–Kier alpha value is -4.06. The molecule has 1 aromatic carbocycles. The van der Waals surface area contributed by atoms with Gasteiger partial charge < -0.3 is 31.1 Å². The molecule has 1 aliphatic heterocycles. The standard InChI is InChI=1S/C24H33N5O3.2CH2O2/c1-14(2)21(28-22(30)16(4)25-5)24(32)29-12-8-11-20(29)23(31)27-19-13-15(3)26-18-10-7-6-9-17(18)19;2*2-1-3/h6-7,9-10,13-14,16,20-21,25H,8,11-12H2,1-5H3,(H,28,30)(H,26,27,31);2*1H,(H,2,3)/t16-,20-,21-;;/m0../s1. The van der Waals surface area contributed by atoms with Crippen LogP contribution in [0, 0.1) is 12.8 Å². The van der Waals surface area contributed by atoms with Crippen LogP contribution in [0.15, 0.2) is 30.3 Å². The molecule has 3 atom stereocenters. The van der Waals surface area contributed by atoms with Gasteiger partial charge in [0.1, 0.15) is 12.1 Å². The lowest BCUT2D eigenvalue weighted by Gasteiger charge is -2.31. The van der Waals surface area contributed by atoms with Crippen LogP contribution in [0.2, 0.25) is 0 Å². The van der Waals surface area contributed by atoms with Gasteiger partial charge in [-0.2, -0.15) is 0 Å². The molecule has 3 rings (SSSR count). The topological polar surface area (TPSA) is 178 Å². The third-order valence-corrected chi connectivity index (χ3v) is 6.00. The minimum Gasteiger partial charge on any atom is -0.483 e. The average molecular weight is 532 g/mol. The quantitative estimate of drug-likeness (QED) is 0.332. The van der Waals surface area contributed by atoms with Crippen LogP contribution in [0.5, 0.6) is 0 Å². The molecule has 38 heavy (non-hydrogen) atoms. The maximum absolute atomic E-state index is 13.4. The largest absolute Gasteiger partial charge is 0.483 e. The van der Waals surface area contributed by atoms with Crippen LogP contribution in [0.25, 0.3) is 10.9 Å². The van der Waals surface area contributed by atoms with E-state index in [1.807, 2.05) is 51.1 Å². The number of hydrogen-bond acceptors (Lipinski definition) is 7. The van der Waals surface area contributed by atoms with Gasteiger partial charge in [0.2, 0.25) is 17.7 Å². The summed E-state index contributed by atoms with van der Waals surface area (Å²) in [6, 6.07) is 7.82. The van der Waals surface area contributed by atoms with Crippen molar-refractivity contribution in [2.24, 2.45) is 5.92 Å². The molecule has 208 valence electrons. The van der Waals surface area contributed by atoms with Gasteiger partial charge in [-0.1, -0.05) is 32.0 Å². The predicted octanol–water partition coefficient (Wildman–Crippen LogP) is 1.62. The van der Waals surface area contributed by atoms with Crippen LogP contribution in [-0.2, 0) is 24.0 Å².